The van der Waals surface area contributed by atoms with Crippen molar-refractivity contribution < 1.29 is 4.74 Å². The van der Waals surface area contributed by atoms with Crippen molar-refractivity contribution in [1.29, 1.82) is 0 Å². The van der Waals surface area contributed by atoms with Crippen molar-refractivity contribution >= 4 is 5.69 Å². The number of hydrogen-bond acceptors (Lipinski definition) is 3. The van der Waals surface area contributed by atoms with Gasteiger partial charge in [0.2, 0.25) is 0 Å². The minimum absolute atomic E-state index is 0.592. The van der Waals surface area contributed by atoms with Crippen LogP contribution in [0.1, 0.15) is 0 Å². The van der Waals surface area contributed by atoms with Crippen LogP contribution in [0.3, 0.4) is 0 Å². The van der Waals surface area contributed by atoms with E-state index in [1.807, 2.05) is 18.2 Å². The average Bonchev–Trinajstić information content (AvgIpc) is 2.25. The van der Waals surface area contributed by atoms with E-state index in [9.17, 15) is 0 Å². The lowest BCUT2D eigenvalue weighted by molar-refractivity contribution is 0.148. The summed E-state index contributed by atoms with van der Waals surface area (Å²) in [5.41, 5.74) is 6.53. The number of anilines is 1. The quantitative estimate of drug-likeness (QED) is 0.689. The maximum Gasteiger partial charge on any atom is 0.0642 e. The molecule has 3 nitrogen and oxygen atoms in total. The highest BCUT2D eigenvalue weighted by Gasteiger charge is 1.98. The zero-order valence-electron chi connectivity index (χ0n) is 8.65. The van der Waals surface area contributed by atoms with Crippen molar-refractivity contribution in [2.75, 3.05) is 38.3 Å². The highest BCUT2D eigenvalue weighted by molar-refractivity contribution is 5.44. The molecule has 0 atom stereocenters. The summed E-state index contributed by atoms with van der Waals surface area (Å²) in [6.07, 6.45) is 0. The third kappa shape index (κ3) is 3.77. The molecule has 0 heterocycles. The molecule has 0 radical (unpaired) electrons. The van der Waals surface area contributed by atoms with E-state index in [0.717, 1.165) is 13.2 Å². The molecule has 1 aromatic carbocycles. The molecule has 0 aliphatic heterocycles. The number of benzene rings is 1. The molecule has 0 aromatic heterocycles. The summed E-state index contributed by atoms with van der Waals surface area (Å²) < 4.78 is 5.31. The van der Waals surface area contributed by atoms with Crippen LogP contribution in [0.4, 0.5) is 5.69 Å². The summed E-state index contributed by atoms with van der Waals surface area (Å²) in [6, 6.07) is 10.3. The minimum Gasteiger partial charge on any atom is -0.378 e. The van der Waals surface area contributed by atoms with Crippen LogP contribution in [-0.4, -0.2) is 33.4 Å². The molecule has 1 rings (SSSR count). The molecule has 2 N–H and O–H groups in total. The summed E-state index contributed by atoms with van der Waals surface area (Å²) in [6.45, 7) is 2.85. The normalized spacial score (nSPS) is 10.1. The molecule has 0 spiro atoms. The van der Waals surface area contributed by atoms with Crippen molar-refractivity contribution in [3.05, 3.63) is 30.3 Å². The maximum absolute atomic E-state index is 5.32. The molecule has 78 valence electrons. The number of likely N-dealkylation sites (N-methyl/N-ethyl adjacent to an activating group) is 1. The smallest absolute Gasteiger partial charge is 0.0642 e. The Labute approximate surface area is 85.5 Å². The standard InChI is InChI=1S/C11H18N2O/c1-13(8-10-14-9-7-12)11-5-3-2-4-6-11/h2-6H,7-10,12H2,1H3. The summed E-state index contributed by atoms with van der Waals surface area (Å²) >= 11 is 0. The molecular formula is C11H18N2O. The van der Waals surface area contributed by atoms with Gasteiger partial charge in [-0.2, -0.15) is 0 Å². The van der Waals surface area contributed by atoms with Gasteiger partial charge in [-0.05, 0) is 12.1 Å². The molecule has 0 aliphatic rings. The number of nitrogens with zero attached hydrogens (tertiary/aromatic N) is 1. The van der Waals surface area contributed by atoms with Crippen molar-refractivity contribution in [2.45, 2.75) is 0 Å². The lowest BCUT2D eigenvalue weighted by atomic mass is 10.3. The molecule has 0 amide bonds. The van der Waals surface area contributed by atoms with E-state index in [1.165, 1.54) is 5.69 Å². The predicted octanol–water partition coefficient (Wildman–Crippen LogP) is 1.10. The first kappa shape index (κ1) is 11.0. The zero-order chi connectivity index (χ0) is 10.2. The Bertz CT molecular complexity index is 238. The Hall–Kier alpha value is -1.06. The molecule has 14 heavy (non-hydrogen) atoms. The number of rotatable bonds is 6. The predicted molar refractivity (Wildman–Crippen MR) is 59.6 cm³/mol. The summed E-state index contributed by atoms with van der Waals surface area (Å²) in [4.78, 5) is 2.16. The van der Waals surface area contributed by atoms with Gasteiger partial charge in [-0.25, -0.2) is 0 Å². The number of nitrogens with two attached hydrogens (primary N) is 1. The van der Waals surface area contributed by atoms with Crippen LogP contribution in [0, 0.1) is 0 Å². The number of hydrogen-bond donors (Lipinski definition) is 1. The zero-order valence-corrected chi connectivity index (χ0v) is 8.65. The van der Waals surface area contributed by atoms with Gasteiger partial charge in [-0.3, -0.25) is 0 Å². The van der Waals surface area contributed by atoms with Gasteiger partial charge in [-0.1, -0.05) is 18.2 Å². The SMILES string of the molecule is CN(CCOCCN)c1ccccc1. The van der Waals surface area contributed by atoms with Crippen LogP contribution in [0.5, 0.6) is 0 Å². The first-order valence-electron chi connectivity index (χ1n) is 4.88. The first-order chi connectivity index (χ1) is 6.84. The summed E-state index contributed by atoms with van der Waals surface area (Å²) in [7, 11) is 2.06. The third-order valence-corrected chi connectivity index (χ3v) is 2.03. The maximum atomic E-state index is 5.32. The Kier molecular flexibility index (Phi) is 5.04. The van der Waals surface area contributed by atoms with Gasteiger partial charge in [0.1, 0.15) is 0 Å². The fourth-order valence-electron chi connectivity index (χ4n) is 1.20. The highest BCUT2D eigenvalue weighted by atomic mass is 16.5. The van der Waals surface area contributed by atoms with Crippen LogP contribution in [0.25, 0.3) is 0 Å². The van der Waals surface area contributed by atoms with Crippen molar-refractivity contribution in [2.24, 2.45) is 5.73 Å². The van der Waals surface area contributed by atoms with Crippen molar-refractivity contribution in [3.63, 3.8) is 0 Å². The lowest BCUT2D eigenvalue weighted by Gasteiger charge is -2.18. The topological polar surface area (TPSA) is 38.5 Å². The van der Waals surface area contributed by atoms with Gasteiger partial charge in [-0.15, -0.1) is 0 Å². The Balaban J connectivity index is 2.25. The first-order valence-corrected chi connectivity index (χ1v) is 4.88. The van der Waals surface area contributed by atoms with Crippen molar-refractivity contribution in [1.82, 2.24) is 0 Å². The van der Waals surface area contributed by atoms with Gasteiger partial charge >= 0.3 is 0 Å². The van der Waals surface area contributed by atoms with E-state index >= 15 is 0 Å². The molecule has 0 saturated heterocycles. The van der Waals surface area contributed by atoms with Crippen molar-refractivity contribution in [3.8, 4) is 0 Å². The van der Waals surface area contributed by atoms with Crippen LogP contribution in [0.15, 0.2) is 30.3 Å². The van der Waals surface area contributed by atoms with Crippen LogP contribution >= 0.6 is 0 Å². The second-order valence-corrected chi connectivity index (χ2v) is 3.16. The van der Waals surface area contributed by atoms with Gasteiger partial charge in [0.05, 0.1) is 13.2 Å². The average molecular weight is 194 g/mol. The van der Waals surface area contributed by atoms with Crippen LogP contribution in [-0.2, 0) is 4.74 Å². The van der Waals surface area contributed by atoms with E-state index < -0.39 is 0 Å². The molecule has 0 fully saturated rings. The van der Waals surface area contributed by atoms with E-state index in [4.69, 9.17) is 10.5 Å². The molecule has 3 heteroatoms. The molecule has 1 aromatic rings. The van der Waals surface area contributed by atoms with Gasteiger partial charge in [0, 0.05) is 25.8 Å². The summed E-state index contributed by atoms with van der Waals surface area (Å²) in [5.74, 6) is 0. The van der Waals surface area contributed by atoms with E-state index in [-0.39, 0.29) is 0 Å². The number of ether oxygens (including phenoxy) is 1. The Morgan fingerprint density at radius 3 is 2.57 bits per heavy atom. The number of para-hydroxylation sites is 1. The van der Waals surface area contributed by atoms with Gasteiger partial charge in [0.25, 0.3) is 0 Å². The molecular weight excluding hydrogens is 176 g/mol. The Morgan fingerprint density at radius 2 is 1.93 bits per heavy atom. The summed E-state index contributed by atoms with van der Waals surface area (Å²) in [5, 5.41) is 0. The van der Waals surface area contributed by atoms with E-state index in [2.05, 4.69) is 24.1 Å². The molecule has 0 bridgehead atoms. The van der Waals surface area contributed by atoms with E-state index in [1.54, 1.807) is 0 Å². The molecule has 0 unspecified atom stereocenters. The lowest BCUT2D eigenvalue weighted by Crippen LogP contribution is -2.23. The second-order valence-electron chi connectivity index (χ2n) is 3.16. The highest BCUT2D eigenvalue weighted by Crippen LogP contribution is 2.09. The molecule has 0 aliphatic carbocycles. The monoisotopic (exact) mass is 194 g/mol. The van der Waals surface area contributed by atoms with Crippen LogP contribution < -0.4 is 10.6 Å². The Morgan fingerprint density at radius 1 is 1.21 bits per heavy atom. The van der Waals surface area contributed by atoms with E-state index in [0.29, 0.717) is 13.2 Å². The van der Waals surface area contributed by atoms with Crippen LogP contribution in [0.2, 0.25) is 0 Å². The second kappa shape index (κ2) is 6.40. The fraction of sp³-hybridized carbons (Fsp3) is 0.455. The van der Waals surface area contributed by atoms with Gasteiger partial charge in [0.15, 0.2) is 0 Å². The minimum atomic E-state index is 0.592. The molecule has 0 saturated carbocycles. The fourth-order valence-corrected chi connectivity index (χ4v) is 1.20. The largest absolute Gasteiger partial charge is 0.378 e. The third-order valence-electron chi connectivity index (χ3n) is 2.03. The van der Waals surface area contributed by atoms with Gasteiger partial charge < -0.3 is 15.4 Å².